The highest BCUT2D eigenvalue weighted by molar-refractivity contribution is 7.20. The molecule has 0 aliphatic rings. The third-order valence-electron chi connectivity index (χ3n) is 0.943. The van der Waals surface area contributed by atoms with E-state index in [1.165, 1.54) is 0 Å². The predicted molar refractivity (Wildman–Crippen MR) is 43.5 cm³/mol. The van der Waals surface area contributed by atoms with Gasteiger partial charge in [0.25, 0.3) is 0 Å². The molecular weight excluding hydrogens is 147 g/mol. The van der Waals surface area contributed by atoms with Crippen LogP contribution in [-0.2, 0) is 6.37 Å². The molecule has 0 atom stereocenters. The van der Waals surface area contributed by atoms with E-state index >= 15 is 0 Å². The second-order valence-corrected chi connectivity index (χ2v) is 2.42. The van der Waals surface area contributed by atoms with E-state index in [1.807, 2.05) is 0 Å². The first-order chi connectivity index (χ1) is 7.50. The summed E-state index contributed by atoms with van der Waals surface area (Å²) in [5.74, 6) is 0. The molecule has 54 valence electrons. The summed E-state index contributed by atoms with van der Waals surface area (Å²) in [4.78, 5) is 0. The summed E-state index contributed by atoms with van der Waals surface area (Å²) in [5, 5.41) is 17.6. The zero-order chi connectivity index (χ0) is 13.6. The first-order valence-electron chi connectivity index (χ1n) is 5.96. The van der Waals surface area contributed by atoms with Crippen LogP contribution in [0.3, 0.4) is 0 Å². The van der Waals surface area contributed by atoms with Gasteiger partial charge in [-0.3, -0.25) is 0 Å². The molecule has 0 aromatic carbocycles. The summed E-state index contributed by atoms with van der Waals surface area (Å²) in [6, 6.07) is -0.626. The van der Waals surface area contributed by atoms with Crippen LogP contribution in [0.1, 0.15) is 22.0 Å². The Morgan fingerprint density at radius 1 is 2.00 bits per heavy atom. The molecule has 0 saturated carbocycles. The number of hydrogen-bond donors (Lipinski definition) is 2. The molecule has 0 aliphatic heterocycles. The average molecular weight is 163 g/mol. The molecule has 10 heavy (non-hydrogen) atoms. The molecule has 0 radical (unpaired) electrons. The van der Waals surface area contributed by atoms with Crippen molar-refractivity contribution in [1.29, 1.82) is 0 Å². The van der Waals surface area contributed by atoms with Gasteiger partial charge in [-0.2, -0.15) is 11.3 Å². The predicted octanol–water partition coefficient (Wildman–Crippen LogP) is -0.00970. The summed E-state index contributed by atoms with van der Waals surface area (Å²) in [6.07, 6.45) is -2.90. The van der Waals surface area contributed by atoms with Crippen molar-refractivity contribution in [3.63, 3.8) is 0 Å². The maximum absolute atomic E-state index is 9.02. The van der Waals surface area contributed by atoms with E-state index in [-0.39, 0.29) is 0 Å². The lowest BCUT2D eigenvalue weighted by Crippen LogP contribution is -2.29. The molecular formula is C6H9BO2S. The van der Waals surface area contributed by atoms with E-state index in [4.69, 9.17) is 19.6 Å². The molecule has 0 bridgehead atoms. The maximum Gasteiger partial charge on any atom is 0.499 e. The zero-order valence-electron chi connectivity index (χ0n) is 11.9. The van der Waals surface area contributed by atoms with Gasteiger partial charge in [0, 0.05) is 11.6 Å². The van der Waals surface area contributed by atoms with Crippen LogP contribution in [0, 0.1) is 0 Å². The highest BCUT2D eigenvalue weighted by Crippen LogP contribution is 2.04. The topological polar surface area (TPSA) is 40.5 Å². The van der Waals surface area contributed by atoms with E-state index in [0.29, 0.717) is 11.3 Å². The van der Waals surface area contributed by atoms with Crippen molar-refractivity contribution in [3.8, 4) is 0 Å². The summed E-state index contributed by atoms with van der Waals surface area (Å²) in [7, 11) is -2.10. The van der Waals surface area contributed by atoms with Gasteiger partial charge in [0.2, 0.25) is 0 Å². The van der Waals surface area contributed by atoms with E-state index in [1.54, 1.807) is 0 Å². The second-order valence-electron chi connectivity index (χ2n) is 1.57. The van der Waals surface area contributed by atoms with E-state index < -0.39 is 42.1 Å². The highest BCUT2D eigenvalue weighted by Gasteiger charge is 2.15. The van der Waals surface area contributed by atoms with Gasteiger partial charge in [-0.15, -0.1) is 0 Å². The van der Waals surface area contributed by atoms with Crippen LogP contribution in [0.5, 0.6) is 0 Å². The molecule has 2 N–H and O–H groups in total. The number of hydrogen-bond acceptors (Lipinski definition) is 3. The lowest BCUT2D eigenvalue weighted by atomic mass is 9.85. The zero-order valence-corrected chi connectivity index (χ0v) is 5.70. The molecule has 0 unspecified atom stereocenters. The third-order valence-corrected chi connectivity index (χ3v) is 1.78. The molecule has 0 spiro atoms. The Balaban J connectivity index is 3.50. The summed E-state index contributed by atoms with van der Waals surface area (Å²) in [5.41, 5.74) is -0.650. The molecule has 1 aromatic rings. The third kappa shape index (κ3) is 1.40. The minimum Gasteiger partial charge on any atom is -0.423 e. The Kier molecular flexibility index (Phi) is 0.836. The first-order valence-corrected chi connectivity index (χ1v) is 3.28. The molecule has 0 fully saturated rings. The van der Waals surface area contributed by atoms with Gasteiger partial charge in [0.1, 0.15) is 0 Å². The Bertz CT molecular complexity index is 427. The van der Waals surface area contributed by atoms with Crippen molar-refractivity contribution in [1.82, 2.24) is 0 Å². The monoisotopic (exact) mass is 163 g/mol. The quantitative estimate of drug-likeness (QED) is 0.602. The standard InChI is InChI=1S/C6H9BO2S/c1-2-5-3-4-10-6(5)7(8)9/h3-4,8-9H,2H2,1H3/i1D3,2D2,3D,4D. The molecule has 0 aliphatic carbocycles. The van der Waals surface area contributed by atoms with Gasteiger partial charge in [0.15, 0.2) is 0 Å². The van der Waals surface area contributed by atoms with Gasteiger partial charge in [-0.05, 0) is 23.3 Å². The van der Waals surface area contributed by atoms with Crippen molar-refractivity contribution in [3.05, 3.63) is 17.0 Å². The van der Waals surface area contributed by atoms with Crippen molar-refractivity contribution in [2.24, 2.45) is 0 Å². The van der Waals surface area contributed by atoms with Gasteiger partial charge in [-0.25, -0.2) is 0 Å². The van der Waals surface area contributed by atoms with E-state index in [0.717, 1.165) is 0 Å². The minimum atomic E-state index is -3.06. The molecule has 4 heteroatoms. The molecule has 0 saturated heterocycles. The summed E-state index contributed by atoms with van der Waals surface area (Å²) < 4.78 is 50.6. The lowest BCUT2D eigenvalue weighted by Gasteiger charge is -1.96. The van der Waals surface area contributed by atoms with Gasteiger partial charge < -0.3 is 10.0 Å². The molecule has 1 aromatic heterocycles. The molecule has 2 nitrogen and oxygen atoms in total. The van der Waals surface area contributed by atoms with Crippen LogP contribution < -0.4 is 4.78 Å². The lowest BCUT2D eigenvalue weighted by molar-refractivity contribution is 0.426. The van der Waals surface area contributed by atoms with Crippen LogP contribution in [0.4, 0.5) is 0 Å². The van der Waals surface area contributed by atoms with Crippen LogP contribution >= 0.6 is 11.3 Å². The summed E-state index contributed by atoms with van der Waals surface area (Å²) in [6.45, 7) is -3.06. The fourth-order valence-corrected chi connectivity index (χ4v) is 1.09. The average Bonchev–Trinajstić information content (AvgIpc) is 2.41. The summed E-state index contributed by atoms with van der Waals surface area (Å²) >= 11 is 0.481. The Labute approximate surface area is 74.1 Å². The highest BCUT2D eigenvalue weighted by atomic mass is 32.1. The maximum atomic E-state index is 9.02. The molecule has 1 rings (SSSR count). The van der Waals surface area contributed by atoms with Crippen LogP contribution in [0.15, 0.2) is 11.4 Å². The number of rotatable bonds is 2. The van der Waals surface area contributed by atoms with E-state index in [9.17, 15) is 0 Å². The van der Waals surface area contributed by atoms with Crippen LogP contribution in [0.2, 0.25) is 0 Å². The Morgan fingerprint density at radius 2 is 2.80 bits per heavy atom. The van der Waals surface area contributed by atoms with Crippen LogP contribution in [-0.4, -0.2) is 17.2 Å². The fraction of sp³-hybridized carbons (Fsp3) is 0.333. The SMILES string of the molecule is [2H]c1sc(B(O)O)c(C([2H])([2H])C([2H])([2H])[2H])c1[2H]. The molecule has 0 amide bonds. The van der Waals surface area contributed by atoms with Crippen molar-refractivity contribution in [2.75, 3.05) is 0 Å². The van der Waals surface area contributed by atoms with Gasteiger partial charge in [0.05, 0.1) is 2.74 Å². The van der Waals surface area contributed by atoms with E-state index in [2.05, 4.69) is 0 Å². The van der Waals surface area contributed by atoms with Gasteiger partial charge >= 0.3 is 7.12 Å². The smallest absolute Gasteiger partial charge is 0.423 e. The molecule has 1 heterocycles. The Morgan fingerprint density at radius 3 is 3.40 bits per heavy atom. The van der Waals surface area contributed by atoms with Crippen LogP contribution in [0.25, 0.3) is 0 Å². The van der Waals surface area contributed by atoms with Crippen molar-refractivity contribution >= 4 is 23.2 Å². The van der Waals surface area contributed by atoms with Gasteiger partial charge in [-0.1, -0.05) is 6.85 Å². The minimum absolute atomic E-state index is 0.406. The number of thiophene rings is 1. The normalized spacial score (nSPS) is 22.8. The Hall–Kier alpha value is -0.315. The first kappa shape index (κ1) is 2.62. The fourth-order valence-electron chi connectivity index (χ4n) is 0.519. The second kappa shape index (κ2) is 3.19. The van der Waals surface area contributed by atoms with Crippen molar-refractivity contribution in [2.45, 2.75) is 13.2 Å². The van der Waals surface area contributed by atoms with Crippen molar-refractivity contribution < 1.29 is 19.6 Å². The largest absolute Gasteiger partial charge is 0.499 e.